The van der Waals surface area contributed by atoms with Crippen LogP contribution < -0.4 is 9.46 Å². The molecule has 0 atom stereocenters. The summed E-state index contributed by atoms with van der Waals surface area (Å²) >= 11 is 0. The molecule has 8 heteroatoms. The van der Waals surface area contributed by atoms with E-state index in [0.29, 0.717) is 12.8 Å². The average molecular weight is 295 g/mol. The van der Waals surface area contributed by atoms with Crippen molar-refractivity contribution in [3.63, 3.8) is 0 Å². The van der Waals surface area contributed by atoms with Crippen LogP contribution in [0.3, 0.4) is 0 Å². The summed E-state index contributed by atoms with van der Waals surface area (Å²) in [5.41, 5.74) is 0. The van der Waals surface area contributed by atoms with Gasteiger partial charge in [0.25, 0.3) is 0 Å². The third-order valence-corrected chi connectivity index (χ3v) is 4.35. The largest absolute Gasteiger partial charge is 0.573 e. The van der Waals surface area contributed by atoms with Gasteiger partial charge in [-0.25, -0.2) is 13.1 Å². The SMILES string of the molecule is O=S(=O)(NC1CCC1)c1ccccc1OC(F)(F)F. The summed E-state index contributed by atoms with van der Waals surface area (Å²) in [6.45, 7) is 0. The van der Waals surface area contributed by atoms with Gasteiger partial charge < -0.3 is 4.74 Å². The summed E-state index contributed by atoms with van der Waals surface area (Å²) in [5, 5.41) is 0. The Bertz CT molecular complexity index is 553. The molecule has 1 aliphatic rings. The predicted molar refractivity (Wildman–Crippen MR) is 61.1 cm³/mol. The lowest BCUT2D eigenvalue weighted by molar-refractivity contribution is -0.275. The third-order valence-electron chi connectivity index (χ3n) is 2.79. The molecule has 1 aromatic carbocycles. The van der Waals surface area contributed by atoms with Crippen LogP contribution in [0.15, 0.2) is 29.2 Å². The number of ether oxygens (including phenoxy) is 1. The molecule has 0 aliphatic heterocycles. The fourth-order valence-electron chi connectivity index (χ4n) is 1.69. The molecule has 4 nitrogen and oxygen atoms in total. The molecule has 0 amide bonds. The fraction of sp³-hybridized carbons (Fsp3) is 0.455. The van der Waals surface area contributed by atoms with Crippen LogP contribution in [-0.2, 0) is 10.0 Å². The molecular weight excluding hydrogens is 283 g/mol. The molecule has 0 spiro atoms. The Kier molecular flexibility index (Phi) is 3.73. The Morgan fingerprint density at radius 3 is 2.37 bits per heavy atom. The maximum absolute atomic E-state index is 12.2. The Balaban J connectivity index is 2.27. The van der Waals surface area contributed by atoms with Crippen LogP contribution in [0.4, 0.5) is 13.2 Å². The van der Waals surface area contributed by atoms with Crippen LogP contribution in [0.5, 0.6) is 5.75 Å². The van der Waals surface area contributed by atoms with Crippen LogP contribution >= 0.6 is 0 Å². The summed E-state index contributed by atoms with van der Waals surface area (Å²) < 4.78 is 66.7. The van der Waals surface area contributed by atoms with Gasteiger partial charge in [-0.05, 0) is 25.0 Å². The van der Waals surface area contributed by atoms with Gasteiger partial charge in [0.15, 0.2) is 0 Å². The summed E-state index contributed by atoms with van der Waals surface area (Å²) in [5.74, 6) is -0.721. The molecule has 0 saturated heterocycles. The van der Waals surface area contributed by atoms with Crippen molar-refractivity contribution in [2.75, 3.05) is 0 Å². The maximum atomic E-state index is 12.2. The number of rotatable bonds is 4. The van der Waals surface area contributed by atoms with E-state index in [9.17, 15) is 21.6 Å². The highest BCUT2D eigenvalue weighted by Crippen LogP contribution is 2.30. The first-order valence-corrected chi connectivity index (χ1v) is 7.13. The Labute approximate surface area is 108 Å². The van der Waals surface area contributed by atoms with Crippen LogP contribution in [0, 0.1) is 0 Å². The zero-order chi connectivity index (χ0) is 14.1. The first kappa shape index (κ1) is 14.1. The molecule has 1 aromatic rings. The zero-order valence-electron chi connectivity index (χ0n) is 9.77. The molecule has 2 rings (SSSR count). The molecule has 0 heterocycles. The number of nitrogens with one attached hydrogen (secondary N) is 1. The number of halogens is 3. The van der Waals surface area contributed by atoms with Crippen molar-refractivity contribution in [1.82, 2.24) is 4.72 Å². The van der Waals surface area contributed by atoms with Crippen molar-refractivity contribution in [1.29, 1.82) is 0 Å². The van der Waals surface area contributed by atoms with Crippen molar-refractivity contribution in [3.05, 3.63) is 24.3 Å². The van der Waals surface area contributed by atoms with Crippen molar-refractivity contribution >= 4 is 10.0 Å². The highest BCUT2D eigenvalue weighted by molar-refractivity contribution is 7.89. The molecule has 1 N–H and O–H groups in total. The molecule has 0 unspecified atom stereocenters. The monoisotopic (exact) mass is 295 g/mol. The Hall–Kier alpha value is -1.28. The molecule has 0 bridgehead atoms. The van der Waals surface area contributed by atoms with Crippen molar-refractivity contribution < 1.29 is 26.3 Å². The molecule has 106 valence electrons. The number of alkyl halides is 3. The molecular formula is C11H12F3NO3S. The summed E-state index contributed by atoms with van der Waals surface area (Å²) in [6.07, 6.45) is -2.63. The van der Waals surface area contributed by atoms with E-state index >= 15 is 0 Å². The van der Waals surface area contributed by atoms with Gasteiger partial charge in [-0.15, -0.1) is 13.2 Å². The average Bonchev–Trinajstić information content (AvgIpc) is 2.22. The van der Waals surface area contributed by atoms with E-state index in [1.807, 2.05) is 0 Å². The molecule has 0 radical (unpaired) electrons. The van der Waals surface area contributed by atoms with E-state index in [1.165, 1.54) is 12.1 Å². The highest BCUT2D eigenvalue weighted by Gasteiger charge is 2.34. The fourth-order valence-corrected chi connectivity index (χ4v) is 3.12. The standard InChI is InChI=1S/C11H12F3NO3S/c12-11(13,14)18-9-6-1-2-7-10(9)19(16,17)15-8-4-3-5-8/h1-2,6-8,15H,3-5H2. The molecule has 0 aromatic heterocycles. The number of benzene rings is 1. The minimum Gasteiger partial charge on any atom is -0.404 e. The quantitative estimate of drug-likeness (QED) is 0.928. The van der Waals surface area contributed by atoms with E-state index in [2.05, 4.69) is 9.46 Å². The molecule has 1 fully saturated rings. The van der Waals surface area contributed by atoms with Gasteiger partial charge in [0.1, 0.15) is 10.6 Å². The third kappa shape index (κ3) is 3.60. The lowest BCUT2D eigenvalue weighted by Crippen LogP contribution is -2.39. The van der Waals surface area contributed by atoms with Crippen LogP contribution in [0.2, 0.25) is 0 Å². The first-order chi connectivity index (χ1) is 8.78. The second kappa shape index (κ2) is 5.01. The van der Waals surface area contributed by atoms with Crippen LogP contribution in [0.1, 0.15) is 19.3 Å². The van der Waals surface area contributed by atoms with Gasteiger partial charge in [-0.2, -0.15) is 0 Å². The summed E-state index contributed by atoms with van der Waals surface area (Å²) in [7, 11) is -4.00. The Morgan fingerprint density at radius 2 is 1.84 bits per heavy atom. The van der Waals surface area contributed by atoms with Gasteiger partial charge in [0.05, 0.1) is 0 Å². The van der Waals surface area contributed by atoms with Crippen LogP contribution in [-0.4, -0.2) is 20.8 Å². The summed E-state index contributed by atoms with van der Waals surface area (Å²) in [6, 6.07) is 4.48. The first-order valence-electron chi connectivity index (χ1n) is 5.65. The van der Waals surface area contributed by atoms with Gasteiger partial charge in [0.2, 0.25) is 10.0 Å². The normalized spacial score (nSPS) is 17.0. The lowest BCUT2D eigenvalue weighted by Gasteiger charge is -2.26. The molecule has 1 saturated carbocycles. The van der Waals surface area contributed by atoms with E-state index in [-0.39, 0.29) is 6.04 Å². The minimum atomic E-state index is -4.93. The molecule has 19 heavy (non-hydrogen) atoms. The van der Waals surface area contributed by atoms with Gasteiger partial charge >= 0.3 is 6.36 Å². The minimum absolute atomic E-state index is 0.205. The summed E-state index contributed by atoms with van der Waals surface area (Å²) in [4.78, 5) is -0.501. The smallest absolute Gasteiger partial charge is 0.404 e. The van der Waals surface area contributed by atoms with Crippen molar-refractivity contribution in [3.8, 4) is 5.75 Å². The van der Waals surface area contributed by atoms with E-state index in [4.69, 9.17) is 0 Å². The number of hydrogen-bond acceptors (Lipinski definition) is 3. The van der Waals surface area contributed by atoms with Gasteiger partial charge in [-0.3, -0.25) is 0 Å². The zero-order valence-corrected chi connectivity index (χ0v) is 10.6. The van der Waals surface area contributed by atoms with Crippen molar-refractivity contribution in [2.45, 2.75) is 36.6 Å². The van der Waals surface area contributed by atoms with Gasteiger partial charge in [-0.1, -0.05) is 18.6 Å². The van der Waals surface area contributed by atoms with E-state index in [1.54, 1.807) is 0 Å². The lowest BCUT2D eigenvalue weighted by atomic mass is 9.94. The van der Waals surface area contributed by atoms with Crippen molar-refractivity contribution in [2.24, 2.45) is 0 Å². The Morgan fingerprint density at radius 1 is 1.21 bits per heavy atom. The number of para-hydroxylation sites is 1. The topological polar surface area (TPSA) is 55.4 Å². The van der Waals surface area contributed by atoms with E-state index in [0.717, 1.165) is 18.6 Å². The highest BCUT2D eigenvalue weighted by atomic mass is 32.2. The second-order valence-corrected chi connectivity index (χ2v) is 5.93. The second-order valence-electron chi connectivity index (χ2n) is 4.24. The predicted octanol–water partition coefficient (Wildman–Crippen LogP) is 2.42. The van der Waals surface area contributed by atoms with E-state index < -0.39 is 27.0 Å². The molecule has 1 aliphatic carbocycles. The van der Waals surface area contributed by atoms with Gasteiger partial charge in [0, 0.05) is 6.04 Å². The maximum Gasteiger partial charge on any atom is 0.573 e. The number of sulfonamides is 1. The number of hydrogen-bond donors (Lipinski definition) is 1. The van der Waals surface area contributed by atoms with Crippen LogP contribution in [0.25, 0.3) is 0 Å².